The van der Waals surface area contributed by atoms with Gasteiger partial charge in [-0.25, -0.2) is 4.72 Å². The molecule has 116 valence electrons. The molecule has 2 aromatic rings. The molecule has 1 N–H and O–H groups in total. The van der Waals surface area contributed by atoms with Crippen molar-refractivity contribution in [2.75, 3.05) is 22.7 Å². The highest BCUT2D eigenvalue weighted by Crippen LogP contribution is 2.30. The normalized spacial score (nSPS) is 16.4. The summed E-state index contributed by atoms with van der Waals surface area (Å²) in [6, 6.07) is 15.2. The molecule has 1 aliphatic heterocycles. The summed E-state index contributed by atoms with van der Waals surface area (Å²) < 4.78 is 15.6. The smallest absolute Gasteiger partial charge is 0.180 e. The number of hydrogen-bond acceptors (Lipinski definition) is 3. The molecule has 0 spiro atoms. The van der Waals surface area contributed by atoms with Crippen LogP contribution in [0.5, 0.6) is 0 Å². The topological polar surface area (TPSA) is 38.3 Å². The fourth-order valence-electron chi connectivity index (χ4n) is 2.69. The van der Waals surface area contributed by atoms with E-state index in [0.717, 1.165) is 29.4 Å². The predicted molar refractivity (Wildman–Crippen MR) is 94.0 cm³/mol. The highest BCUT2D eigenvalue weighted by atomic mass is 35.5. The number of benzene rings is 2. The van der Waals surface area contributed by atoms with E-state index >= 15 is 0 Å². The van der Waals surface area contributed by atoms with Crippen molar-refractivity contribution in [3.8, 4) is 0 Å². The number of para-hydroxylation sites is 2. The molecule has 1 aliphatic rings. The molecular formula is C17H19ClN2OS. The number of anilines is 2. The third-order valence-electron chi connectivity index (χ3n) is 3.83. The molecule has 1 heterocycles. The molecule has 2 aromatic carbocycles. The Morgan fingerprint density at radius 3 is 2.36 bits per heavy atom. The SMILES string of the molecule is [O-][S+](Nc1ccccc1N1CCCCC1)c1ccc(Cl)cc1. The molecule has 1 fully saturated rings. The largest absolute Gasteiger partial charge is 0.588 e. The van der Waals surface area contributed by atoms with Crippen LogP contribution in [-0.2, 0) is 11.4 Å². The average Bonchev–Trinajstić information content (AvgIpc) is 2.57. The third-order valence-corrected chi connectivity index (χ3v) is 5.19. The van der Waals surface area contributed by atoms with E-state index in [1.54, 1.807) is 24.3 Å². The van der Waals surface area contributed by atoms with Gasteiger partial charge in [0.15, 0.2) is 4.90 Å². The Morgan fingerprint density at radius 2 is 1.64 bits per heavy atom. The molecular weight excluding hydrogens is 316 g/mol. The van der Waals surface area contributed by atoms with Gasteiger partial charge in [-0.2, -0.15) is 0 Å². The Hall–Kier alpha value is -1.36. The van der Waals surface area contributed by atoms with Crippen LogP contribution in [0.3, 0.4) is 0 Å². The first-order valence-electron chi connectivity index (χ1n) is 7.52. The van der Waals surface area contributed by atoms with Gasteiger partial charge in [-0.1, -0.05) is 23.7 Å². The quantitative estimate of drug-likeness (QED) is 0.839. The molecule has 0 radical (unpaired) electrons. The number of piperidine rings is 1. The fourth-order valence-corrected chi connectivity index (χ4v) is 3.69. The number of hydrogen-bond donors (Lipinski definition) is 1. The van der Waals surface area contributed by atoms with Crippen molar-refractivity contribution in [2.24, 2.45) is 0 Å². The lowest BCUT2D eigenvalue weighted by molar-refractivity contribution is 0.578. The number of rotatable bonds is 4. The molecule has 0 amide bonds. The van der Waals surface area contributed by atoms with Crippen molar-refractivity contribution in [1.82, 2.24) is 0 Å². The summed E-state index contributed by atoms with van der Waals surface area (Å²) in [4.78, 5) is 3.09. The molecule has 22 heavy (non-hydrogen) atoms. The third kappa shape index (κ3) is 3.69. The van der Waals surface area contributed by atoms with Gasteiger partial charge in [0.05, 0.1) is 5.69 Å². The van der Waals surface area contributed by atoms with Gasteiger partial charge < -0.3 is 9.45 Å². The van der Waals surface area contributed by atoms with Crippen LogP contribution in [0, 0.1) is 0 Å². The zero-order valence-corrected chi connectivity index (χ0v) is 13.9. The highest BCUT2D eigenvalue weighted by molar-refractivity contribution is 7.92. The number of nitrogens with zero attached hydrogens (tertiary/aromatic N) is 1. The van der Waals surface area contributed by atoms with Crippen LogP contribution in [0.15, 0.2) is 53.4 Å². The van der Waals surface area contributed by atoms with Crippen molar-refractivity contribution in [1.29, 1.82) is 0 Å². The molecule has 0 bridgehead atoms. The second kappa shape index (κ2) is 7.27. The van der Waals surface area contributed by atoms with E-state index in [0.29, 0.717) is 5.02 Å². The zero-order valence-electron chi connectivity index (χ0n) is 12.3. The summed E-state index contributed by atoms with van der Waals surface area (Å²) in [6.07, 6.45) is 3.73. The molecule has 1 atom stereocenters. The first kappa shape index (κ1) is 15.5. The standard InChI is InChI=1S/C17H19ClN2OS/c18-14-8-10-15(11-9-14)22(21)19-16-6-2-3-7-17(16)20-12-4-1-5-13-20/h2-3,6-11,19H,1,4-5,12-13H2. The van der Waals surface area contributed by atoms with E-state index in [4.69, 9.17) is 11.6 Å². The maximum Gasteiger partial charge on any atom is 0.180 e. The summed E-state index contributed by atoms with van der Waals surface area (Å²) in [7, 11) is 0. The zero-order chi connectivity index (χ0) is 15.4. The minimum atomic E-state index is -1.29. The predicted octanol–water partition coefficient (Wildman–Crippen LogP) is 4.47. The van der Waals surface area contributed by atoms with Gasteiger partial charge in [-0.15, -0.1) is 0 Å². The van der Waals surface area contributed by atoms with Crippen molar-refractivity contribution in [3.63, 3.8) is 0 Å². The van der Waals surface area contributed by atoms with Crippen LogP contribution in [0.25, 0.3) is 0 Å². The lowest BCUT2D eigenvalue weighted by atomic mass is 10.1. The van der Waals surface area contributed by atoms with Crippen LogP contribution < -0.4 is 9.62 Å². The van der Waals surface area contributed by atoms with Crippen molar-refractivity contribution in [3.05, 3.63) is 53.6 Å². The Bertz CT molecular complexity index is 614. The summed E-state index contributed by atoms with van der Waals surface area (Å²) in [5.41, 5.74) is 2.04. The number of halogens is 1. The van der Waals surface area contributed by atoms with Crippen molar-refractivity contribution in [2.45, 2.75) is 24.2 Å². The summed E-state index contributed by atoms with van der Waals surface area (Å²) in [5.74, 6) is 0. The van der Waals surface area contributed by atoms with E-state index in [1.807, 2.05) is 18.2 Å². The first-order valence-corrected chi connectivity index (χ1v) is 9.05. The molecule has 3 nitrogen and oxygen atoms in total. The summed E-state index contributed by atoms with van der Waals surface area (Å²) >= 11 is 4.58. The van der Waals surface area contributed by atoms with Gasteiger partial charge in [-0.3, -0.25) is 0 Å². The first-order chi connectivity index (χ1) is 10.7. The summed E-state index contributed by atoms with van der Waals surface area (Å²) in [5, 5.41) is 0.648. The Labute approximate surface area is 139 Å². The lowest BCUT2D eigenvalue weighted by Crippen LogP contribution is -2.30. The van der Waals surface area contributed by atoms with Gasteiger partial charge in [0.1, 0.15) is 17.0 Å². The second-order valence-electron chi connectivity index (χ2n) is 5.39. The molecule has 5 heteroatoms. The van der Waals surface area contributed by atoms with Gasteiger partial charge >= 0.3 is 0 Å². The fraction of sp³-hybridized carbons (Fsp3) is 0.294. The van der Waals surface area contributed by atoms with Crippen LogP contribution in [0.4, 0.5) is 11.4 Å². The van der Waals surface area contributed by atoms with Crippen molar-refractivity contribution >= 4 is 34.3 Å². The molecule has 3 rings (SSSR count). The van der Waals surface area contributed by atoms with E-state index in [1.165, 1.54) is 19.3 Å². The van der Waals surface area contributed by atoms with E-state index in [9.17, 15) is 4.55 Å². The second-order valence-corrected chi connectivity index (χ2v) is 7.04. The maximum atomic E-state index is 12.5. The monoisotopic (exact) mass is 334 g/mol. The van der Waals surface area contributed by atoms with Gasteiger partial charge in [0, 0.05) is 18.1 Å². The van der Waals surface area contributed by atoms with Gasteiger partial charge in [0.2, 0.25) is 0 Å². The lowest BCUT2D eigenvalue weighted by Gasteiger charge is -2.30. The van der Waals surface area contributed by atoms with Crippen molar-refractivity contribution < 1.29 is 4.55 Å². The van der Waals surface area contributed by atoms with Crippen LogP contribution in [0.1, 0.15) is 19.3 Å². The molecule has 0 aromatic heterocycles. The van der Waals surface area contributed by atoms with E-state index in [2.05, 4.69) is 15.7 Å². The van der Waals surface area contributed by atoms with Gasteiger partial charge in [-0.05, 0) is 55.7 Å². The Kier molecular flexibility index (Phi) is 5.13. The molecule has 1 saturated heterocycles. The van der Waals surface area contributed by atoms with E-state index in [-0.39, 0.29) is 0 Å². The van der Waals surface area contributed by atoms with Crippen LogP contribution in [-0.4, -0.2) is 17.6 Å². The summed E-state index contributed by atoms with van der Waals surface area (Å²) in [6.45, 7) is 2.12. The average molecular weight is 335 g/mol. The van der Waals surface area contributed by atoms with Crippen LogP contribution in [0.2, 0.25) is 5.02 Å². The molecule has 1 unspecified atom stereocenters. The molecule has 0 saturated carbocycles. The highest BCUT2D eigenvalue weighted by Gasteiger charge is 2.18. The maximum absolute atomic E-state index is 12.5. The number of nitrogens with one attached hydrogen (secondary N) is 1. The van der Waals surface area contributed by atoms with Gasteiger partial charge in [0.25, 0.3) is 0 Å². The Morgan fingerprint density at radius 1 is 0.955 bits per heavy atom. The Balaban J connectivity index is 1.78. The minimum absolute atomic E-state index is 0.648. The molecule has 0 aliphatic carbocycles. The van der Waals surface area contributed by atoms with E-state index < -0.39 is 11.4 Å². The minimum Gasteiger partial charge on any atom is -0.588 e. The van der Waals surface area contributed by atoms with Crippen LogP contribution >= 0.6 is 11.6 Å².